The van der Waals surface area contributed by atoms with E-state index in [2.05, 4.69) is 16.0 Å². The molecule has 184 valence electrons. The van der Waals surface area contributed by atoms with Crippen molar-refractivity contribution in [1.82, 2.24) is 16.0 Å². The van der Waals surface area contributed by atoms with Gasteiger partial charge in [-0.05, 0) is 51.5 Å². The molecule has 32 heavy (non-hydrogen) atoms. The minimum Gasteiger partial charge on any atom is -0.480 e. The summed E-state index contributed by atoms with van der Waals surface area (Å²) in [5, 5.41) is 16.8. The third kappa shape index (κ3) is 12.2. The van der Waals surface area contributed by atoms with Crippen molar-refractivity contribution in [1.29, 1.82) is 0 Å². The summed E-state index contributed by atoms with van der Waals surface area (Å²) in [6.07, 6.45) is 1.24. The van der Waals surface area contributed by atoms with Crippen LogP contribution >= 0.6 is 0 Å². The summed E-state index contributed by atoms with van der Waals surface area (Å²) in [6.45, 7) is 5.62. The van der Waals surface area contributed by atoms with E-state index in [9.17, 15) is 29.1 Å². The van der Waals surface area contributed by atoms with Gasteiger partial charge in [-0.25, -0.2) is 4.79 Å². The fraction of sp³-hybridized carbons (Fsp3) is 0.750. The molecular weight excluding hydrogens is 420 g/mol. The molecule has 0 fully saturated rings. The Morgan fingerprint density at radius 2 is 1.34 bits per heavy atom. The van der Waals surface area contributed by atoms with E-state index in [1.165, 1.54) is 6.92 Å². The van der Waals surface area contributed by atoms with Crippen LogP contribution in [0.5, 0.6) is 0 Å². The zero-order valence-electron chi connectivity index (χ0n) is 19.1. The molecule has 0 heterocycles. The molecule has 0 spiro atoms. The fourth-order valence-corrected chi connectivity index (χ4v) is 2.86. The first-order valence-electron chi connectivity index (χ1n) is 10.8. The lowest BCUT2D eigenvalue weighted by molar-refractivity contribution is -0.142. The summed E-state index contributed by atoms with van der Waals surface area (Å²) in [7, 11) is 0. The highest BCUT2D eigenvalue weighted by Gasteiger charge is 2.30. The number of hydrogen-bond donors (Lipinski definition) is 7. The van der Waals surface area contributed by atoms with E-state index in [-0.39, 0.29) is 25.2 Å². The predicted molar refractivity (Wildman–Crippen MR) is 118 cm³/mol. The van der Waals surface area contributed by atoms with Crippen molar-refractivity contribution in [2.24, 2.45) is 23.1 Å². The largest absolute Gasteiger partial charge is 0.480 e. The van der Waals surface area contributed by atoms with E-state index in [4.69, 9.17) is 17.2 Å². The minimum absolute atomic E-state index is 0.0637. The molecule has 12 nitrogen and oxygen atoms in total. The zero-order chi connectivity index (χ0) is 24.8. The van der Waals surface area contributed by atoms with E-state index in [0.717, 1.165) is 0 Å². The Morgan fingerprint density at radius 3 is 1.81 bits per heavy atom. The number of amides is 4. The minimum atomic E-state index is -1.34. The molecule has 0 saturated carbocycles. The topological polar surface area (TPSA) is 220 Å². The second-order valence-electron chi connectivity index (χ2n) is 8.23. The van der Waals surface area contributed by atoms with Gasteiger partial charge in [0.1, 0.15) is 18.1 Å². The Hall–Kier alpha value is -2.73. The first-order valence-corrected chi connectivity index (χ1v) is 10.8. The Labute approximate surface area is 188 Å². The maximum absolute atomic E-state index is 12.9. The molecule has 4 unspecified atom stereocenters. The van der Waals surface area contributed by atoms with Gasteiger partial charge in [0.25, 0.3) is 0 Å². The molecule has 0 radical (unpaired) electrons. The van der Waals surface area contributed by atoms with Crippen LogP contribution < -0.4 is 33.2 Å². The van der Waals surface area contributed by atoms with Crippen LogP contribution in [0.4, 0.5) is 0 Å². The van der Waals surface area contributed by atoms with Crippen molar-refractivity contribution >= 4 is 29.6 Å². The Balaban J connectivity index is 5.43. The van der Waals surface area contributed by atoms with Gasteiger partial charge < -0.3 is 38.3 Å². The van der Waals surface area contributed by atoms with E-state index < -0.39 is 53.8 Å². The Kier molecular flexibility index (Phi) is 13.8. The number of rotatable bonds is 16. The summed E-state index contributed by atoms with van der Waals surface area (Å²) < 4.78 is 0. The van der Waals surface area contributed by atoms with Crippen LogP contribution in [0.25, 0.3) is 0 Å². The van der Waals surface area contributed by atoms with Gasteiger partial charge in [0, 0.05) is 6.42 Å². The SMILES string of the molecule is CC(C)CC(NC(=O)C(C)N)C(=O)NC(CCCCN)C(=O)NC(CCC(N)=O)C(=O)O. The molecule has 0 aliphatic heterocycles. The van der Waals surface area contributed by atoms with Crippen LogP contribution in [-0.2, 0) is 24.0 Å². The zero-order valence-corrected chi connectivity index (χ0v) is 19.1. The molecule has 0 rings (SSSR count). The summed E-state index contributed by atoms with van der Waals surface area (Å²) in [5.74, 6) is -3.76. The van der Waals surface area contributed by atoms with E-state index in [1.54, 1.807) is 0 Å². The summed E-state index contributed by atoms with van der Waals surface area (Å²) >= 11 is 0. The Morgan fingerprint density at radius 1 is 0.812 bits per heavy atom. The molecular formula is C20H38N6O6. The monoisotopic (exact) mass is 458 g/mol. The van der Waals surface area contributed by atoms with Crippen molar-refractivity contribution < 1.29 is 29.1 Å². The number of primary amides is 1. The average molecular weight is 459 g/mol. The lowest BCUT2D eigenvalue weighted by Crippen LogP contribution is -2.57. The molecule has 4 atom stereocenters. The number of hydrogen-bond acceptors (Lipinski definition) is 7. The molecule has 0 bridgehead atoms. The first kappa shape index (κ1) is 29.3. The normalized spacial score (nSPS) is 14.7. The Bertz CT molecular complexity index is 654. The van der Waals surface area contributed by atoms with E-state index in [0.29, 0.717) is 25.8 Å². The lowest BCUT2D eigenvalue weighted by atomic mass is 10.0. The van der Waals surface area contributed by atoms with Gasteiger partial charge in [-0.15, -0.1) is 0 Å². The van der Waals surface area contributed by atoms with Crippen LogP contribution in [0.15, 0.2) is 0 Å². The van der Waals surface area contributed by atoms with Crippen molar-refractivity contribution in [2.45, 2.75) is 83.5 Å². The lowest BCUT2D eigenvalue weighted by Gasteiger charge is -2.25. The van der Waals surface area contributed by atoms with Crippen LogP contribution in [0.1, 0.15) is 59.3 Å². The average Bonchev–Trinajstić information content (AvgIpc) is 2.68. The highest BCUT2D eigenvalue weighted by Crippen LogP contribution is 2.08. The van der Waals surface area contributed by atoms with Gasteiger partial charge >= 0.3 is 5.97 Å². The van der Waals surface area contributed by atoms with Crippen LogP contribution in [0, 0.1) is 5.92 Å². The number of carboxylic acid groups (broad SMARTS) is 1. The van der Waals surface area contributed by atoms with E-state index in [1.807, 2.05) is 13.8 Å². The third-order valence-corrected chi connectivity index (χ3v) is 4.63. The maximum Gasteiger partial charge on any atom is 0.326 e. The second-order valence-corrected chi connectivity index (χ2v) is 8.23. The molecule has 0 aromatic heterocycles. The number of nitrogens with two attached hydrogens (primary N) is 3. The molecule has 10 N–H and O–H groups in total. The number of unbranched alkanes of at least 4 members (excludes halogenated alkanes) is 1. The van der Waals surface area contributed by atoms with Crippen LogP contribution in [0.2, 0.25) is 0 Å². The predicted octanol–water partition coefficient (Wildman–Crippen LogP) is -1.69. The quantitative estimate of drug-likeness (QED) is 0.132. The molecule has 0 aromatic carbocycles. The summed E-state index contributed by atoms with van der Waals surface area (Å²) in [4.78, 5) is 60.0. The first-order chi connectivity index (χ1) is 14.9. The van der Waals surface area contributed by atoms with Gasteiger partial charge in [-0.1, -0.05) is 13.8 Å². The maximum atomic E-state index is 12.9. The number of carbonyl (C=O) groups is 5. The molecule has 0 aliphatic rings. The summed E-state index contributed by atoms with van der Waals surface area (Å²) in [6, 6.07) is -4.12. The van der Waals surface area contributed by atoms with Gasteiger partial charge in [0.15, 0.2) is 0 Å². The van der Waals surface area contributed by atoms with E-state index >= 15 is 0 Å². The van der Waals surface area contributed by atoms with Crippen molar-refractivity contribution in [3.05, 3.63) is 0 Å². The second kappa shape index (κ2) is 15.1. The molecule has 4 amide bonds. The van der Waals surface area contributed by atoms with Crippen LogP contribution in [-0.4, -0.2) is 65.4 Å². The highest BCUT2D eigenvalue weighted by molar-refractivity contribution is 5.94. The van der Waals surface area contributed by atoms with Gasteiger partial charge in [0.05, 0.1) is 6.04 Å². The fourth-order valence-electron chi connectivity index (χ4n) is 2.86. The van der Waals surface area contributed by atoms with Crippen molar-refractivity contribution in [2.75, 3.05) is 6.54 Å². The molecule has 0 aromatic rings. The summed E-state index contributed by atoms with van der Waals surface area (Å²) in [5.41, 5.74) is 16.1. The highest BCUT2D eigenvalue weighted by atomic mass is 16.4. The molecule has 0 saturated heterocycles. The molecule has 0 aliphatic carbocycles. The van der Waals surface area contributed by atoms with Gasteiger partial charge in [-0.2, -0.15) is 0 Å². The van der Waals surface area contributed by atoms with Gasteiger partial charge in [-0.3, -0.25) is 19.2 Å². The number of carboxylic acids is 1. The smallest absolute Gasteiger partial charge is 0.326 e. The number of nitrogens with one attached hydrogen (secondary N) is 3. The molecule has 12 heteroatoms. The van der Waals surface area contributed by atoms with Crippen LogP contribution in [0.3, 0.4) is 0 Å². The third-order valence-electron chi connectivity index (χ3n) is 4.63. The van der Waals surface area contributed by atoms with Gasteiger partial charge in [0.2, 0.25) is 23.6 Å². The van der Waals surface area contributed by atoms with Crippen molar-refractivity contribution in [3.63, 3.8) is 0 Å². The number of carbonyl (C=O) groups excluding carboxylic acids is 4. The van der Waals surface area contributed by atoms with Crippen molar-refractivity contribution in [3.8, 4) is 0 Å². The standard InChI is InChI=1S/C20H38N6O6/c1-11(2)10-15(26-17(28)12(3)22)19(30)24-13(6-4-5-9-21)18(29)25-14(20(31)32)7-8-16(23)27/h11-15H,4-10,21-22H2,1-3H3,(H2,23,27)(H,24,30)(H,25,29)(H,26,28)(H,31,32). The number of aliphatic carboxylic acids is 1.